The second-order valence-corrected chi connectivity index (χ2v) is 6.50. The molecular weight excluding hydrogens is 276 g/mol. The predicted octanol–water partition coefficient (Wildman–Crippen LogP) is 2.63. The molecule has 0 radical (unpaired) electrons. The lowest BCUT2D eigenvalue weighted by Gasteiger charge is -2.49. The first-order valence-electron chi connectivity index (χ1n) is 8.52. The number of rotatable bonds is 6. The molecule has 2 aliphatic rings. The Kier molecular flexibility index (Phi) is 5.21. The number of ether oxygens (including phenoxy) is 2. The van der Waals surface area contributed by atoms with E-state index in [-0.39, 0.29) is 0 Å². The summed E-state index contributed by atoms with van der Waals surface area (Å²) in [5.41, 5.74) is 0. The van der Waals surface area contributed by atoms with Gasteiger partial charge in [0.2, 0.25) is 0 Å². The highest BCUT2D eigenvalue weighted by Gasteiger charge is 2.34. The average molecular weight is 304 g/mol. The third-order valence-corrected chi connectivity index (χ3v) is 5.00. The van der Waals surface area contributed by atoms with Crippen LogP contribution in [0.1, 0.15) is 26.2 Å². The molecule has 22 heavy (non-hydrogen) atoms. The van der Waals surface area contributed by atoms with Gasteiger partial charge in [-0.25, -0.2) is 0 Å². The van der Waals surface area contributed by atoms with Gasteiger partial charge in [0.05, 0.1) is 7.11 Å². The van der Waals surface area contributed by atoms with Crippen LogP contribution >= 0.6 is 0 Å². The number of para-hydroxylation sites is 2. The van der Waals surface area contributed by atoms with E-state index < -0.39 is 0 Å². The molecular formula is C18H28N2O2. The highest BCUT2D eigenvalue weighted by Crippen LogP contribution is 2.26. The number of methoxy groups -OCH3 is 1. The van der Waals surface area contributed by atoms with Crippen molar-refractivity contribution in [2.45, 2.75) is 38.3 Å². The number of hydrogen-bond acceptors (Lipinski definition) is 4. The van der Waals surface area contributed by atoms with Crippen molar-refractivity contribution in [2.24, 2.45) is 0 Å². The first-order valence-corrected chi connectivity index (χ1v) is 8.52. The van der Waals surface area contributed by atoms with Gasteiger partial charge in [-0.05, 0) is 38.4 Å². The van der Waals surface area contributed by atoms with Crippen LogP contribution < -0.4 is 9.47 Å². The van der Waals surface area contributed by atoms with Crippen LogP contribution in [-0.4, -0.2) is 61.8 Å². The van der Waals surface area contributed by atoms with E-state index >= 15 is 0 Å². The van der Waals surface area contributed by atoms with Gasteiger partial charge in [0, 0.05) is 31.7 Å². The largest absolute Gasteiger partial charge is 0.493 e. The third-order valence-electron chi connectivity index (χ3n) is 5.00. The summed E-state index contributed by atoms with van der Waals surface area (Å²) in [7, 11) is 1.68. The molecule has 3 rings (SSSR count). The van der Waals surface area contributed by atoms with E-state index in [0.717, 1.165) is 36.7 Å². The van der Waals surface area contributed by atoms with Gasteiger partial charge in [-0.3, -0.25) is 9.80 Å². The van der Waals surface area contributed by atoms with Gasteiger partial charge in [-0.1, -0.05) is 18.6 Å². The molecule has 4 nitrogen and oxygen atoms in total. The Morgan fingerprint density at radius 3 is 2.64 bits per heavy atom. The Hall–Kier alpha value is -1.26. The lowest BCUT2D eigenvalue weighted by atomic mass is 9.97. The van der Waals surface area contributed by atoms with Crippen molar-refractivity contribution in [2.75, 3.05) is 39.9 Å². The smallest absolute Gasteiger partial charge is 0.161 e. The van der Waals surface area contributed by atoms with Gasteiger partial charge in [0.25, 0.3) is 0 Å². The van der Waals surface area contributed by atoms with Gasteiger partial charge in [0.1, 0.15) is 6.61 Å². The molecule has 1 aromatic rings. The molecule has 0 bridgehead atoms. The minimum absolute atomic E-state index is 0.725. The fourth-order valence-corrected chi connectivity index (χ4v) is 3.62. The summed E-state index contributed by atoms with van der Waals surface area (Å²) in [6, 6.07) is 9.38. The van der Waals surface area contributed by atoms with Gasteiger partial charge in [-0.2, -0.15) is 0 Å². The molecule has 1 aromatic carbocycles. The molecule has 0 N–H and O–H groups in total. The Morgan fingerprint density at radius 1 is 1.14 bits per heavy atom. The van der Waals surface area contributed by atoms with Crippen molar-refractivity contribution in [1.29, 1.82) is 0 Å². The molecule has 0 saturated carbocycles. The van der Waals surface area contributed by atoms with Gasteiger partial charge < -0.3 is 9.47 Å². The van der Waals surface area contributed by atoms with Crippen molar-refractivity contribution < 1.29 is 9.47 Å². The summed E-state index contributed by atoms with van der Waals surface area (Å²) in [5.74, 6) is 1.65. The van der Waals surface area contributed by atoms with Crippen LogP contribution in [-0.2, 0) is 0 Å². The zero-order chi connectivity index (χ0) is 15.4. The second-order valence-electron chi connectivity index (χ2n) is 6.50. The molecule has 0 spiro atoms. The number of hydrogen-bond donors (Lipinski definition) is 0. The van der Waals surface area contributed by atoms with E-state index in [2.05, 4.69) is 16.7 Å². The molecule has 2 aliphatic heterocycles. The molecule has 0 amide bonds. The Balaban J connectivity index is 1.38. The zero-order valence-electron chi connectivity index (χ0n) is 13.8. The van der Waals surface area contributed by atoms with Crippen LogP contribution in [0.5, 0.6) is 11.5 Å². The first kappa shape index (κ1) is 15.6. The highest BCUT2D eigenvalue weighted by molar-refractivity contribution is 5.39. The molecule has 1 unspecified atom stereocenters. The van der Waals surface area contributed by atoms with E-state index in [1.54, 1.807) is 7.11 Å². The summed E-state index contributed by atoms with van der Waals surface area (Å²) < 4.78 is 11.2. The Bertz CT molecular complexity index is 474. The summed E-state index contributed by atoms with van der Waals surface area (Å²) in [4.78, 5) is 5.20. The number of piperidine rings is 1. The highest BCUT2D eigenvalue weighted by atomic mass is 16.5. The standard InChI is InChI=1S/C18H28N2O2/c1-15-7-5-6-10-20(15)16-13-19(14-16)11-12-22-18-9-4-3-8-17(18)21-2/h3-4,8-9,15-16H,5-7,10-14H2,1-2H3. The Morgan fingerprint density at radius 2 is 1.91 bits per heavy atom. The van der Waals surface area contributed by atoms with Crippen LogP contribution in [0.15, 0.2) is 24.3 Å². The van der Waals surface area contributed by atoms with Gasteiger partial charge >= 0.3 is 0 Å². The lowest BCUT2D eigenvalue weighted by molar-refractivity contribution is -0.00702. The van der Waals surface area contributed by atoms with Crippen molar-refractivity contribution in [1.82, 2.24) is 9.80 Å². The third kappa shape index (κ3) is 3.55. The SMILES string of the molecule is COc1ccccc1OCCN1CC(N2CCCCC2C)C1. The fraction of sp³-hybridized carbons (Fsp3) is 0.667. The minimum Gasteiger partial charge on any atom is -0.493 e. The fourth-order valence-electron chi connectivity index (χ4n) is 3.62. The number of benzene rings is 1. The molecule has 2 fully saturated rings. The maximum atomic E-state index is 5.86. The van der Waals surface area contributed by atoms with E-state index in [4.69, 9.17) is 9.47 Å². The molecule has 0 aliphatic carbocycles. The van der Waals surface area contributed by atoms with Crippen LogP contribution in [0.25, 0.3) is 0 Å². The lowest BCUT2D eigenvalue weighted by Crippen LogP contribution is -2.62. The topological polar surface area (TPSA) is 24.9 Å². The van der Waals surface area contributed by atoms with Gasteiger partial charge in [-0.15, -0.1) is 0 Å². The van der Waals surface area contributed by atoms with E-state index in [1.807, 2.05) is 24.3 Å². The van der Waals surface area contributed by atoms with Crippen molar-refractivity contribution >= 4 is 0 Å². The first-order chi connectivity index (χ1) is 10.8. The van der Waals surface area contributed by atoms with Crippen LogP contribution in [0.3, 0.4) is 0 Å². The second kappa shape index (κ2) is 7.34. The van der Waals surface area contributed by atoms with Gasteiger partial charge in [0.15, 0.2) is 11.5 Å². The quantitative estimate of drug-likeness (QED) is 0.806. The van der Waals surface area contributed by atoms with Crippen LogP contribution in [0, 0.1) is 0 Å². The van der Waals surface area contributed by atoms with E-state index in [9.17, 15) is 0 Å². The normalized spacial score (nSPS) is 24.0. The monoisotopic (exact) mass is 304 g/mol. The van der Waals surface area contributed by atoms with E-state index in [1.165, 1.54) is 38.9 Å². The zero-order valence-corrected chi connectivity index (χ0v) is 13.8. The molecule has 122 valence electrons. The van der Waals surface area contributed by atoms with Crippen molar-refractivity contribution in [3.8, 4) is 11.5 Å². The summed E-state index contributed by atoms with van der Waals surface area (Å²) in [5, 5.41) is 0. The average Bonchev–Trinajstić information content (AvgIpc) is 2.51. The Labute approximate surface area is 134 Å². The molecule has 2 saturated heterocycles. The number of likely N-dealkylation sites (tertiary alicyclic amines) is 2. The van der Waals surface area contributed by atoms with E-state index in [0.29, 0.717) is 0 Å². The van der Waals surface area contributed by atoms with Crippen LogP contribution in [0.2, 0.25) is 0 Å². The number of nitrogens with zero attached hydrogens (tertiary/aromatic N) is 2. The predicted molar refractivity (Wildman–Crippen MR) is 88.7 cm³/mol. The molecule has 4 heteroatoms. The molecule has 2 heterocycles. The molecule has 0 aromatic heterocycles. The summed E-state index contributed by atoms with van der Waals surface area (Å²) in [6.07, 6.45) is 4.14. The minimum atomic E-state index is 0.725. The van der Waals surface area contributed by atoms with Crippen molar-refractivity contribution in [3.05, 3.63) is 24.3 Å². The summed E-state index contributed by atoms with van der Waals surface area (Å²) >= 11 is 0. The van der Waals surface area contributed by atoms with Crippen molar-refractivity contribution in [3.63, 3.8) is 0 Å². The summed E-state index contributed by atoms with van der Waals surface area (Å²) in [6.45, 7) is 7.78. The maximum Gasteiger partial charge on any atom is 0.161 e. The molecule has 1 atom stereocenters. The van der Waals surface area contributed by atoms with Crippen LogP contribution in [0.4, 0.5) is 0 Å². The maximum absolute atomic E-state index is 5.86.